The van der Waals surface area contributed by atoms with Crippen molar-refractivity contribution in [3.05, 3.63) is 71.8 Å². The molecule has 1 aliphatic rings. The summed E-state index contributed by atoms with van der Waals surface area (Å²) in [5.74, 6) is 0.495. The van der Waals surface area contributed by atoms with Crippen LogP contribution in [0, 0.1) is 0 Å². The van der Waals surface area contributed by atoms with E-state index in [-0.39, 0.29) is 11.7 Å². The Labute approximate surface area is 198 Å². The van der Waals surface area contributed by atoms with Crippen LogP contribution in [-0.2, 0) is 4.79 Å². The molecule has 0 radical (unpaired) electrons. The number of rotatable bonds is 12. The summed E-state index contributed by atoms with van der Waals surface area (Å²) in [7, 11) is 1.58. The van der Waals surface area contributed by atoms with Crippen molar-refractivity contribution in [1.29, 1.82) is 0 Å². The lowest BCUT2D eigenvalue weighted by molar-refractivity contribution is -0.118. The first-order valence-corrected chi connectivity index (χ1v) is 12.0. The quantitative estimate of drug-likeness (QED) is 0.342. The molecule has 1 aliphatic heterocycles. The number of amides is 1. The smallest absolute Gasteiger partial charge is 0.217 e. The number of carbonyl (C=O) groups is 2. The molecule has 0 spiro atoms. The highest BCUT2D eigenvalue weighted by Crippen LogP contribution is 2.14. The third kappa shape index (κ3) is 11.5. The topological polar surface area (TPSA) is 72.6 Å². The number of ketones is 1. The monoisotopic (exact) mass is 450 g/mol. The van der Waals surface area contributed by atoms with Crippen LogP contribution in [-0.4, -0.2) is 43.3 Å². The fourth-order valence-electron chi connectivity index (χ4n) is 3.73. The van der Waals surface area contributed by atoms with E-state index in [0.29, 0.717) is 31.2 Å². The van der Waals surface area contributed by atoms with Crippen LogP contribution >= 0.6 is 0 Å². The van der Waals surface area contributed by atoms with Crippen molar-refractivity contribution in [3.8, 4) is 5.75 Å². The van der Waals surface area contributed by atoms with Crippen molar-refractivity contribution < 1.29 is 14.3 Å². The number of hydrogen-bond donors (Lipinski definition) is 1. The Bertz CT molecular complexity index is 841. The fourth-order valence-corrected chi connectivity index (χ4v) is 3.73. The maximum atomic E-state index is 11.7. The Morgan fingerprint density at radius 2 is 1.61 bits per heavy atom. The Kier molecular flexibility index (Phi) is 12.6. The van der Waals surface area contributed by atoms with E-state index in [0.717, 1.165) is 5.75 Å². The summed E-state index contributed by atoms with van der Waals surface area (Å²) in [5.41, 5.74) is 6.99. The van der Waals surface area contributed by atoms with Gasteiger partial charge >= 0.3 is 0 Å². The second-order valence-corrected chi connectivity index (χ2v) is 8.33. The highest BCUT2D eigenvalue weighted by atomic mass is 16.5. The molecule has 0 unspecified atom stereocenters. The van der Waals surface area contributed by atoms with Gasteiger partial charge < -0.3 is 15.4 Å². The summed E-state index contributed by atoms with van der Waals surface area (Å²) in [4.78, 5) is 24.8. The van der Waals surface area contributed by atoms with E-state index in [2.05, 4.69) is 47.4 Å². The summed E-state index contributed by atoms with van der Waals surface area (Å²) in [6, 6.07) is 17.5. The molecule has 1 amide bonds. The van der Waals surface area contributed by atoms with E-state index in [4.69, 9.17) is 10.5 Å². The Morgan fingerprint density at radius 1 is 0.939 bits per heavy atom. The summed E-state index contributed by atoms with van der Waals surface area (Å²) < 4.78 is 5.01. The molecule has 2 aromatic carbocycles. The Hall–Kier alpha value is -2.92. The van der Waals surface area contributed by atoms with Gasteiger partial charge in [-0.2, -0.15) is 0 Å². The maximum absolute atomic E-state index is 11.7. The molecule has 33 heavy (non-hydrogen) atoms. The van der Waals surface area contributed by atoms with E-state index < -0.39 is 0 Å². The van der Waals surface area contributed by atoms with Crippen LogP contribution in [0.2, 0.25) is 0 Å². The number of likely N-dealkylation sites (tertiary alicyclic amines) is 1. The summed E-state index contributed by atoms with van der Waals surface area (Å²) >= 11 is 0. The average Bonchev–Trinajstić information content (AvgIpc) is 3.36. The molecular weight excluding hydrogens is 412 g/mol. The lowest BCUT2D eigenvalue weighted by Gasteiger charge is -2.12. The maximum Gasteiger partial charge on any atom is 0.217 e. The SMILES string of the molecule is C(=C\c1ccccc1)/CCCN1CCCC1.COc1ccc(C(=O)CCCCC(N)=O)cc1. The third-order valence-electron chi connectivity index (χ3n) is 5.64. The van der Waals surface area contributed by atoms with Crippen molar-refractivity contribution >= 4 is 17.8 Å². The lowest BCUT2D eigenvalue weighted by Crippen LogP contribution is -2.19. The molecule has 0 aromatic heterocycles. The summed E-state index contributed by atoms with van der Waals surface area (Å²) in [6.45, 7) is 3.92. The van der Waals surface area contributed by atoms with Gasteiger partial charge in [0, 0.05) is 18.4 Å². The number of benzene rings is 2. The number of ether oxygens (including phenoxy) is 1. The van der Waals surface area contributed by atoms with Gasteiger partial charge in [-0.25, -0.2) is 0 Å². The highest BCUT2D eigenvalue weighted by Gasteiger charge is 2.09. The van der Waals surface area contributed by atoms with Gasteiger partial charge in [-0.15, -0.1) is 0 Å². The zero-order valence-electron chi connectivity index (χ0n) is 19.9. The fraction of sp³-hybridized carbons (Fsp3) is 0.429. The third-order valence-corrected chi connectivity index (χ3v) is 5.64. The number of allylic oxidation sites excluding steroid dienone is 1. The number of primary amides is 1. The predicted molar refractivity (Wildman–Crippen MR) is 135 cm³/mol. The Morgan fingerprint density at radius 3 is 2.24 bits per heavy atom. The minimum Gasteiger partial charge on any atom is -0.497 e. The molecule has 0 bridgehead atoms. The number of unbranched alkanes of at least 4 members (excludes halogenated alkanes) is 2. The molecule has 0 saturated carbocycles. The lowest BCUT2D eigenvalue weighted by atomic mass is 10.0. The minimum absolute atomic E-state index is 0.0807. The number of hydrogen-bond acceptors (Lipinski definition) is 4. The van der Waals surface area contributed by atoms with Crippen molar-refractivity contribution in [2.24, 2.45) is 5.73 Å². The highest BCUT2D eigenvalue weighted by molar-refractivity contribution is 5.96. The van der Waals surface area contributed by atoms with Gasteiger partial charge in [0.1, 0.15) is 5.75 Å². The van der Waals surface area contributed by atoms with Crippen molar-refractivity contribution in [2.75, 3.05) is 26.7 Å². The van der Waals surface area contributed by atoms with E-state index in [9.17, 15) is 9.59 Å². The molecule has 1 saturated heterocycles. The first-order valence-electron chi connectivity index (χ1n) is 12.0. The van der Waals surface area contributed by atoms with Crippen LogP contribution < -0.4 is 10.5 Å². The molecule has 5 heteroatoms. The Balaban J connectivity index is 0.000000234. The molecule has 0 aliphatic carbocycles. The summed E-state index contributed by atoms with van der Waals surface area (Å²) in [5, 5.41) is 0. The van der Waals surface area contributed by atoms with Gasteiger partial charge in [-0.05, 0) is 88.0 Å². The van der Waals surface area contributed by atoms with Crippen molar-refractivity contribution in [2.45, 2.75) is 51.4 Å². The van der Waals surface area contributed by atoms with Gasteiger partial charge in [0.15, 0.2) is 5.78 Å². The van der Waals surface area contributed by atoms with E-state index >= 15 is 0 Å². The zero-order valence-corrected chi connectivity index (χ0v) is 19.9. The molecule has 3 rings (SSSR count). The number of methoxy groups -OCH3 is 1. The molecule has 178 valence electrons. The number of nitrogens with zero attached hydrogens (tertiary/aromatic N) is 1. The van der Waals surface area contributed by atoms with E-state index in [1.54, 1.807) is 31.4 Å². The molecule has 1 fully saturated rings. The van der Waals surface area contributed by atoms with Crippen LogP contribution in [0.1, 0.15) is 67.3 Å². The van der Waals surface area contributed by atoms with Gasteiger partial charge in [0.25, 0.3) is 0 Å². The van der Waals surface area contributed by atoms with Crippen LogP contribution in [0.15, 0.2) is 60.7 Å². The number of nitrogens with two attached hydrogens (primary N) is 1. The van der Waals surface area contributed by atoms with Gasteiger partial charge in [0.2, 0.25) is 5.91 Å². The predicted octanol–water partition coefficient (Wildman–Crippen LogP) is 5.50. The second-order valence-electron chi connectivity index (χ2n) is 8.33. The first kappa shape index (κ1) is 26.3. The number of carbonyl (C=O) groups excluding carboxylic acids is 2. The van der Waals surface area contributed by atoms with Crippen LogP contribution in [0.25, 0.3) is 6.08 Å². The van der Waals surface area contributed by atoms with Gasteiger partial charge in [-0.3, -0.25) is 9.59 Å². The van der Waals surface area contributed by atoms with E-state index in [1.807, 2.05) is 0 Å². The van der Waals surface area contributed by atoms with Crippen molar-refractivity contribution in [1.82, 2.24) is 4.90 Å². The molecular formula is C28H38N2O3. The molecule has 2 N–H and O–H groups in total. The first-order chi connectivity index (χ1) is 16.1. The largest absolute Gasteiger partial charge is 0.497 e. The molecule has 2 aromatic rings. The standard InChI is InChI=1S/C15H21N.C13H17NO3/c1-3-9-15(10-4-1)11-5-2-6-12-16-13-7-8-14-16;1-17-11-8-6-10(7-9-11)12(15)4-2-3-5-13(14)16/h1,3-5,9-11H,2,6-8,12-14H2;6-9H,2-5H2,1H3,(H2,14,16)/b11-5+;. The minimum atomic E-state index is -0.318. The normalized spacial score (nSPS) is 13.5. The summed E-state index contributed by atoms with van der Waals surface area (Å²) in [6.07, 6.45) is 12.0. The number of Topliss-reactive ketones (excluding diaryl/α,β-unsaturated/α-hetero) is 1. The van der Waals surface area contributed by atoms with Gasteiger partial charge in [-0.1, -0.05) is 42.5 Å². The molecule has 0 atom stereocenters. The van der Waals surface area contributed by atoms with Gasteiger partial charge in [0.05, 0.1) is 7.11 Å². The average molecular weight is 451 g/mol. The molecule has 1 heterocycles. The van der Waals surface area contributed by atoms with Crippen LogP contribution in [0.5, 0.6) is 5.75 Å². The zero-order chi connectivity index (χ0) is 23.7. The van der Waals surface area contributed by atoms with Crippen molar-refractivity contribution in [3.63, 3.8) is 0 Å². The van der Waals surface area contributed by atoms with E-state index in [1.165, 1.54) is 50.9 Å². The second kappa shape index (κ2) is 15.8. The van der Waals surface area contributed by atoms with Crippen LogP contribution in [0.4, 0.5) is 0 Å². The van der Waals surface area contributed by atoms with Crippen LogP contribution in [0.3, 0.4) is 0 Å². The molecule has 5 nitrogen and oxygen atoms in total.